The molecule has 1 unspecified atom stereocenters. The minimum absolute atomic E-state index is 0.0843. The molecule has 2 aliphatic heterocycles. The van der Waals surface area contributed by atoms with Crippen LogP contribution in [0.3, 0.4) is 0 Å². The first-order valence-corrected chi connectivity index (χ1v) is 8.53. The van der Waals surface area contributed by atoms with Crippen molar-refractivity contribution in [2.24, 2.45) is 0 Å². The second-order valence-electron chi connectivity index (χ2n) is 6.68. The Balaban J connectivity index is 1.28. The van der Waals surface area contributed by atoms with E-state index < -0.39 is 0 Å². The average molecular weight is 325 g/mol. The van der Waals surface area contributed by atoms with Crippen molar-refractivity contribution in [3.63, 3.8) is 0 Å². The Morgan fingerprint density at radius 1 is 1.00 bits per heavy atom. The summed E-state index contributed by atoms with van der Waals surface area (Å²) < 4.78 is 18.0. The molecule has 1 fully saturated rings. The van der Waals surface area contributed by atoms with E-state index in [1.54, 1.807) is 0 Å². The minimum atomic E-state index is 0.0843. The third-order valence-corrected chi connectivity index (χ3v) is 4.65. The van der Waals surface area contributed by atoms with E-state index in [-0.39, 0.29) is 12.2 Å². The lowest BCUT2D eigenvalue weighted by atomic mass is 10.1. The molecular weight excluding hydrogens is 302 g/mol. The maximum atomic E-state index is 6.17. The number of likely N-dealkylation sites (tertiary alicyclic amines) is 1. The topological polar surface area (TPSA) is 30.9 Å². The van der Waals surface area contributed by atoms with Crippen LogP contribution in [0.5, 0.6) is 17.2 Å². The van der Waals surface area contributed by atoms with Gasteiger partial charge in [-0.3, -0.25) is 4.90 Å². The molecule has 126 valence electrons. The van der Waals surface area contributed by atoms with Crippen LogP contribution in [-0.2, 0) is 0 Å². The number of ether oxygens (including phenoxy) is 3. The smallest absolute Gasteiger partial charge is 0.161 e. The Morgan fingerprint density at radius 2 is 1.71 bits per heavy atom. The third kappa shape index (κ3) is 3.06. The van der Waals surface area contributed by atoms with Crippen LogP contribution in [0.4, 0.5) is 0 Å². The lowest BCUT2D eigenvalue weighted by Crippen LogP contribution is -2.57. The van der Waals surface area contributed by atoms with E-state index in [1.807, 2.05) is 24.3 Å². The van der Waals surface area contributed by atoms with E-state index in [0.29, 0.717) is 6.61 Å². The van der Waals surface area contributed by atoms with E-state index >= 15 is 0 Å². The number of para-hydroxylation sites is 3. The highest BCUT2D eigenvalue weighted by molar-refractivity contribution is 5.41. The van der Waals surface area contributed by atoms with E-state index in [0.717, 1.165) is 36.9 Å². The zero-order chi connectivity index (χ0) is 16.5. The standard InChI is InChI=1S/C20H23NO3/c1-14-6-5-7-15(2)20(14)24-16-10-21(11-16)12-17-13-22-18-8-3-4-9-19(18)23-17/h3-9,16-17H,10-13H2,1-2H3. The number of benzene rings is 2. The van der Waals surface area contributed by atoms with Crippen molar-refractivity contribution >= 4 is 0 Å². The maximum absolute atomic E-state index is 6.17. The van der Waals surface area contributed by atoms with Crippen LogP contribution in [-0.4, -0.2) is 43.3 Å². The quantitative estimate of drug-likeness (QED) is 0.864. The van der Waals surface area contributed by atoms with E-state index in [9.17, 15) is 0 Å². The fraction of sp³-hybridized carbons (Fsp3) is 0.400. The summed E-state index contributed by atoms with van der Waals surface area (Å²) in [5.74, 6) is 2.72. The molecule has 1 saturated heterocycles. The van der Waals surface area contributed by atoms with Crippen LogP contribution in [0, 0.1) is 13.8 Å². The summed E-state index contributed by atoms with van der Waals surface area (Å²) in [6.45, 7) is 7.56. The van der Waals surface area contributed by atoms with Crippen LogP contribution in [0.15, 0.2) is 42.5 Å². The van der Waals surface area contributed by atoms with Crippen LogP contribution in [0.2, 0.25) is 0 Å². The third-order valence-electron chi connectivity index (χ3n) is 4.65. The minimum Gasteiger partial charge on any atom is -0.487 e. The van der Waals surface area contributed by atoms with Gasteiger partial charge in [0.15, 0.2) is 11.5 Å². The first kappa shape index (κ1) is 15.3. The van der Waals surface area contributed by atoms with Gasteiger partial charge in [0, 0.05) is 19.6 Å². The van der Waals surface area contributed by atoms with Gasteiger partial charge in [-0.2, -0.15) is 0 Å². The molecule has 2 heterocycles. The summed E-state index contributed by atoms with van der Waals surface area (Å²) in [6, 6.07) is 14.1. The van der Waals surface area contributed by atoms with E-state index in [4.69, 9.17) is 14.2 Å². The molecule has 4 nitrogen and oxygen atoms in total. The monoisotopic (exact) mass is 325 g/mol. The van der Waals surface area contributed by atoms with Gasteiger partial charge in [0.2, 0.25) is 0 Å². The summed E-state index contributed by atoms with van der Waals surface area (Å²) in [5, 5.41) is 0. The molecule has 0 aromatic heterocycles. The van der Waals surface area contributed by atoms with Crippen molar-refractivity contribution in [2.45, 2.75) is 26.1 Å². The molecule has 1 atom stereocenters. The van der Waals surface area contributed by atoms with Gasteiger partial charge >= 0.3 is 0 Å². The van der Waals surface area contributed by atoms with Gasteiger partial charge in [-0.05, 0) is 37.1 Å². The molecular formula is C20H23NO3. The summed E-state index contributed by atoms with van der Waals surface area (Å²) in [6.07, 6.45) is 0.350. The van der Waals surface area contributed by atoms with Crippen LogP contribution >= 0.6 is 0 Å². The predicted octanol–water partition coefficient (Wildman–Crippen LogP) is 3.21. The lowest BCUT2D eigenvalue weighted by Gasteiger charge is -2.41. The Bertz CT molecular complexity index is 704. The number of nitrogens with zero attached hydrogens (tertiary/aromatic N) is 1. The van der Waals surface area contributed by atoms with Crippen LogP contribution in [0.25, 0.3) is 0 Å². The summed E-state index contributed by atoms with van der Waals surface area (Å²) in [4.78, 5) is 2.36. The number of hydrogen-bond acceptors (Lipinski definition) is 4. The highest BCUT2D eigenvalue weighted by atomic mass is 16.6. The summed E-state index contributed by atoms with van der Waals surface area (Å²) >= 11 is 0. The SMILES string of the molecule is Cc1cccc(C)c1OC1CN(CC2COc3ccccc3O2)C1. The molecule has 0 amide bonds. The van der Waals surface area contributed by atoms with Gasteiger partial charge in [-0.1, -0.05) is 30.3 Å². The Morgan fingerprint density at radius 3 is 2.46 bits per heavy atom. The summed E-state index contributed by atoms with van der Waals surface area (Å²) in [5.41, 5.74) is 2.41. The van der Waals surface area contributed by atoms with E-state index in [1.165, 1.54) is 11.1 Å². The first-order valence-electron chi connectivity index (χ1n) is 8.53. The molecule has 0 N–H and O–H groups in total. The highest BCUT2D eigenvalue weighted by Crippen LogP contribution is 2.32. The van der Waals surface area contributed by atoms with Gasteiger partial charge < -0.3 is 14.2 Å². The highest BCUT2D eigenvalue weighted by Gasteiger charge is 2.32. The van der Waals surface area contributed by atoms with Crippen molar-refractivity contribution in [2.75, 3.05) is 26.2 Å². The number of aryl methyl sites for hydroxylation is 2. The molecule has 2 aromatic rings. The fourth-order valence-corrected chi connectivity index (χ4v) is 3.34. The fourth-order valence-electron chi connectivity index (χ4n) is 3.34. The predicted molar refractivity (Wildman–Crippen MR) is 93.1 cm³/mol. The zero-order valence-corrected chi connectivity index (χ0v) is 14.2. The van der Waals surface area contributed by atoms with Gasteiger partial charge in [-0.15, -0.1) is 0 Å². The molecule has 0 bridgehead atoms. The van der Waals surface area contributed by atoms with Crippen molar-refractivity contribution in [1.82, 2.24) is 4.90 Å². The molecule has 2 aromatic carbocycles. The number of rotatable bonds is 4. The first-order chi connectivity index (χ1) is 11.7. The largest absolute Gasteiger partial charge is 0.487 e. The van der Waals surface area contributed by atoms with Crippen molar-refractivity contribution in [3.8, 4) is 17.2 Å². The summed E-state index contributed by atoms with van der Waals surface area (Å²) in [7, 11) is 0. The number of fused-ring (bicyclic) bond motifs is 1. The second kappa shape index (κ2) is 6.36. The Labute approximate surface area is 142 Å². The lowest BCUT2D eigenvalue weighted by molar-refractivity contribution is -0.0187. The molecule has 4 heteroatoms. The van der Waals surface area contributed by atoms with Crippen molar-refractivity contribution in [3.05, 3.63) is 53.6 Å². The zero-order valence-electron chi connectivity index (χ0n) is 14.2. The van der Waals surface area contributed by atoms with Gasteiger partial charge in [-0.25, -0.2) is 0 Å². The molecule has 0 aliphatic carbocycles. The van der Waals surface area contributed by atoms with Crippen molar-refractivity contribution < 1.29 is 14.2 Å². The second-order valence-corrected chi connectivity index (χ2v) is 6.68. The van der Waals surface area contributed by atoms with E-state index in [2.05, 4.69) is 36.9 Å². The van der Waals surface area contributed by atoms with Crippen LogP contribution < -0.4 is 14.2 Å². The molecule has 4 rings (SSSR count). The molecule has 0 spiro atoms. The van der Waals surface area contributed by atoms with Gasteiger partial charge in [0.25, 0.3) is 0 Å². The van der Waals surface area contributed by atoms with Crippen LogP contribution in [0.1, 0.15) is 11.1 Å². The van der Waals surface area contributed by atoms with Crippen molar-refractivity contribution in [1.29, 1.82) is 0 Å². The average Bonchev–Trinajstić information content (AvgIpc) is 2.55. The Kier molecular flexibility index (Phi) is 4.07. The normalized spacial score (nSPS) is 20.5. The molecule has 0 saturated carbocycles. The maximum Gasteiger partial charge on any atom is 0.161 e. The molecule has 24 heavy (non-hydrogen) atoms. The molecule has 0 radical (unpaired) electrons. The number of hydrogen-bond donors (Lipinski definition) is 0. The molecule has 2 aliphatic rings. The Hall–Kier alpha value is -2.20. The van der Waals surface area contributed by atoms with Gasteiger partial charge in [0.05, 0.1) is 0 Å². The van der Waals surface area contributed by atoms with Gasteiger partial charge in [0.1, 0.15) is 24.6 Å².